The van der Waals surface area contributed by atoms with Crippen molar-refractivity contribution < 1.29 is 43.5 Å². The smallest absolute Gasteiger partial charge is 0.303 e. The molecule has 0 fully saturated rings. The van der Waals surface area contributed by atoms with Gasteiger partial charge in [-0.2, -0.15) is 0 Å². The highest BCUT2D eigenvalue weighted by Crippen LogP contribution is 2.17. The summed E-state index contributed by atoms with van der Waals surface area (Å²) in [6.45, 7) is 1.48. The van der Waals surface area contributed by atoms with Crippen LogP contribution in [0, 0.1) is 15.9 Å². The lowest BCUT2D eigenvalue weighted by atomic mass is 10.0. The molecule has 210 valence electrons. The maximum Gasteiger partial charge on any atom is 0.303 e. The topological polar surface area (TPSA) is 257 Å². The Kier molecular flexibility index (Phi) is 12.7. The predicted molar refractivity (Wildman–Crippen MR) is 129 cm³/mol. The monoisotopic (exact) mass is 542 g/mol. The molecule has 1 aromatic carbocycles. The molecule has 0 heterocycles. The molecule has 16 heteroatoms. The Hall–Kier alpha value is -4.18. The number of aliphatic carboxylic acids is 1. The van der Waals surface area contributed by atoms with E-state index in [2.05, 4.69) is 16.0 Å². The number of hydrogen-bond acceptors (Lipinski definition) is 9. The first-order valence-corrected chi connectivity index (χ1v) is 11.5. The summed E-state index contributed by atoms with van der Waals surface area (Å²) in [4.78, 5) is 71.2. The van der Waals surface area contributed by atoms with Gasteiger partial charge in [-0.15, -0.1) is 0 Å². The van der Waals surface area contributed by atoms with Crippen LogP contribution in [0.15, 0.2) is 18.2 Å². The van der Waals surface area contributed by atoms with E-state index in [1.54, 1.807) is 0 Å². The molecule has 2 unspecified atom stereocenters. The summed E-state index contributed by atoms with van der Waals surface area (Å²) in [5.41, 5.74) is 9.29. The molecule has 4 amide bonds. The number of aliphatic hydroxyl groups is 1. The number of halogens is 1. The summed E-state index contributed by atoms with van der Waals surface area (Å²) in [6.07, 6.45) is -1.62. The van der Waals surface area contributed by atoms with E-state index >= 15 is 0 Å². The van der Waals surface area contributed by atoms with Gasteiger partial charge in [-0.3, -0.25) is 34.1 Å². The van der Waals surface area contributed by atoms with Gasteiger partial charge in [0.1, 0.15) is 23.9 Å². The van der Waals surface area contributed by atoms with Gasteiger partial charge >= 0.3 is 5.97 Å². The van der Waals surface area contributed by atoms with Crippen molar-refractivity contribution in [3.63, 3.8) is 0 Å². The molecule has 0 aromatic heterocycles. The van der Waals surface area contributed by atoms with Crippen LogP contribution < -0.4 is 27.4 Å². The highest BCUT2D eigenvalue weighted by molar-refractivity contribution is 5.99. The molecule has 0 aliphatic heterocycles. The number of carbonyl (C=O) groups excluding carboxylic acids is 4. The van der Waals surface area contributed by atoms with Gasteiger partial charge in [-0.1, -0.05) is 0 Å². The average Bonchev–Trinajstić information content (AvgIpc) is 2.83. The summed E-state index contributed by atoms with van der Waals surface area (Å²) < 4.78 is 14.2. The maximum atomic E-state index is 14.2. The molecule has 0 aliphatic carbocycles. The number of rotatable bonds is 16. The molecule has 1 aromatic rings. The van der Waals surface area contributed by atoms with E-state index in [1.165, 1.54) is 6.92 Å². The van der Waals surface area contributed by atoms with E-state index in [9.17, 15) is 43.6 Å². The lowest BCUT2D eigenvalue weighted by Gasteiger charge is -2.25. The maximum absolute atomic E-state index is 14.2. The second kappa shape index (κ2) is 15.2. The van der Waals surface area contributed by atoms with Gasteiger partial charge in [0.15, 0.2) is 0 Å². The van der Waals surface area contributed by atoms with E-state index in [1.807, 2.05) is 0 Å². The number of nitro benzene ring substituents is 1. The van der Waals surface area contributed by atoms with Gasteiger partial charge in [-0.25, -0.2) is 4.39 Å². The number of nitrogens with one attached hydrogen (secondary N) is 3. The Bertz CT molecular complexity index is 1050. The van der Waals surface area contributed by atoms with Crippen molar-refractivity contribution in [2.45, 2.75) is 63.3 Å². The van der Waals surface area contributed by atoms with Gasteiger partial charge < -0.3 is 37.6 Å². The highest BCUT2D eigenvalue weighted by atomic mass is 19.1. The SMILES string of the molecule is C[C@@H](O)C(NC(=O)[C@H](CCCCN)NC(=O)C(CCC(=O)O)NC(=O)c1cc([N+](=O)[O-])ccc1F)C(N)=O. The van der Waals surface area contributed by atoms with Gasteiger partial charge in [0.05, 0.1) is 16.6 Å². The average molecular weight is 543 g/mol. The van der Waals surface area contributed by atoms with E-state index in [0.717, 1.165) is 6.07 Å². The number of carboxylic acid groups (broad SMARTS) is 1. The molecular weight excluding hydrogens is 511 g/mol. The molecule has 15 nitrogen and oxygen atoms in total. The number of carbonyl (C=O) groups is 5. The molecule has 0 spiro atoms. The molecule has 0 bridgehead atoms. The van der Waals surface area contributed by atoms with Crippen molar-refractivity contribution >= 4 is 35.3 Å². The van der Waals surface area contributed by atoms with Crippen LogP contribution in [0.25, 0.3) is 0 Å². The summed E-state index contributed by atoms with van der Waals surface area (Å²) >= 11 is 0. The molecule has 4 atom stereocenters. The highest BCUT2D eigenvalue weighted by Gasteiger charge is 2.31. The first-order valence-electron chi connectivity index (χ1n) is 11.5. The summed E-state index contributed by atoms with van der Waals surface area (Å²) in [6, 6.07) is -2.21. The third-order valence-corrected chi connectivity index (χ3v) is 5.34. The number of nitrogens with two attached hydrogens (primary N) is 2. The number of non-ortho nitro benzene ring substituents is 1. The largest absolute Gasteiger partial charge is 0.481 e. The van der Waals surface area contributed by atoms with E-state index in [0.29, 0.717) is 25.0 Å². The number of hydrogen-bond donors (Lipinski definition) is 7. The number of benzene rings is 1. The Morgan fingerprint density at radius 1 is 1.05 bits per heavy atom. The molecule has 38 heavy (non-hydrogen) atoms. The van der Waals surface area contributed by atoms with Crippen molar-refractivity contribution in [3.05, 3.63) is 39.7 Å². The van der Waals surface area contributed by atoms with E-state index in [-0.39, 0.29) is 13.0 Å². The number of nitrogens with zero attached hydrogens (tertiary/aromatic N) is 1. The standard InChI is InChI=1S/C22H31FN6O9/c1-11(30)18(19(25)33)28-22(36)15(4-2-3-9-24)27-21(35)16(7-8-17(31)32)26-20(34)13-10-12(29(37)38)5-6-14(13)23/h5-6,10-11,15-16,18,30H,2-4,7-9,24H2,1H3,(H2,25,33)(H,26,34)(H,27,35)(H,28,36)(H,31,32)/t11-,15+,16?,18?/m1/s1. The molecule has 0 saturated heterocycles. The molecule has 0 saturated carbocycles. The molecule has 0 radical (unpaired) electrons. The van der Waals surface area contributed by atoms with Crippen molar-refractivity contribution in [1.29, 1.82) is 0 Å². The molecule has 1 rings (SSSR count). The third kappa shape index (κ3) is 10.1. The van der Waals surface area contributed by atoms with Gasteiger partial charge in [-0.05, 0) is 45.2 Å². The Morgan fingerprint density at radius 2 is 1.66 bits per heavy atom. The summed E-state index contributed by atoms with van der Waals surface area (Å²) in [5, 5.41) is 36.4. The van der Waals surface area contributed by atoms with Crippen LogP contribution in [0.4, 0.5) is 10.1 Å². The fraction of sp³-hybridized carbons (Fsp3) is 0.500. The van der Waals surface area contributed by atoms with Crippen molar-refractivity contribution in [2.75, 3.05) is 6.54 Å². The third-order valence-electron chi connectivity index (χ3n) is 5.34. The minimum Gasteiger partial charge on any atom is -0.481 e. The van der Waals surface area contributed by atoms with Gasteiger partial charge in [0, 0.05) is 18.6 Å². The zero-order chi connectivity index (χ0) is 29.0. The van der Waals surface area contributed by atoms with Crippen molar-refractivity contribution in [3.8, 4) is 0 Å². The second-order valence-electron chi connectivity index (χ2n) is 8.35. The van der Waals surface area contributed by atoms with Gasteiger partial charge in [0.25, 0.3) is 11.6 Å². The number of nitro groups is 1. The van der Waals surface area contributed by atoms with E-state index in [4.69, 9.17) is 16.6 Å². The minimum absolute atomic E-state index is 0.0131. The fourth-order valence-electron chi connectivity index (χ4n) is 3.29. The molecule has 9 N–H and O–H groups in total. The Morgan fingerprint density at radius 3 is 2.18 bits per heavy atom. The molecule has 0 aliphatic rings. The minimum atomic E-state index is -1.59. The lowest BCUT2D eigenvalue weighted by molar-refractivity contribution is -0.384. The lowest BCUT2D eigenvalue weighted by Crippen LogP contribution is -2.58. The van der Waals surface area contributed by atoms with Crippen LogP contribution in [-0.2, 0) is 19.2 Å². The van der Waals surface area contributed by atoms with Crippen LogP contribution in [-0.4, -0.2) is 75.5 Å². The first kappa shape index (κ1) is 31.8. The number of carboxylic acids is 1. The summed E-state index contributed by atoms with van der Waals surface area (Å²) in [7, 11) is 0. The van der Waals surface area contributed by atoms with E-state index < -0.39 is 88.7 Å². The summed E-state index contributed by atoms with van der Waals surface area (Å²) in [5.74, 6) is -6.63. The second-order valence-corrected chi connectivity index (χ2v) is 8.35. The zero-order valence-electron chi connectivity index (χ0n) is 20.5. The number of aliphatic hydroxyl groups excluding tert-OH is 1. The van der Waals surface area contributed by atoms with Crippen molar-refractivity contribution in [2.24, 2.45) is 11.5 Å². The van der Waals surface area contributed by atoms with Crippen LogP contribution in [0.5, 0.6) is 0 Å². The van der Waals surface area contributed by atoms with Crippen LogP contribution in [0.1, 0.15) is 49.4 Å². The fourth-order valence-corrected chi connectivity index (χ4v) is 3.29. The molecular formula is C22H31FN6O9. The van der Waals surface area contributed by atoms with Crippen LogP contribution in [0.2, 0.25) is 0 Å². The van der Waals surface area contributed by atoms with Gasteiger partial charge in [0.2, 0.25) is 17.7 Å². The van der Waals surface area contributed by atoms with Crippen LogP contribution in [0.3, 0.4) is 0 Å². The predicted octanol–water partition coefficient (Wildman–Crippen LogP) is -1.34. The van der Waals surface area contributed by atoms with Crippen LogP contribution >= 0.6 is 0 Å². The number of primary amides is 1. The zero-order valence-corrected chi connectivity index (χ0v) is 20.5. The quantitative estimate of drug-likeness (QED) is 0.0734. The number of amides is 4. The number of unbranched alkanes of at least 4 members (excludes halogenated alkanes) is 1. The first-order chi connectivity index (χ1) is 17.8. The Labute approximate surface area is 216 Å². The Balaban J connectivity index is 3.18. The normalized spacial score (nSPS) is 13.9. The van der Waals surface area contributed by atoms with Crippen molar-refractivity contribution in [1.82, 2.24) is 16.0 Å².